The molecule has 176 valence electrons. The molecule has 0 spiro atoms. The van der Waals surface area contributed by atoms with Gasteiger partial charge in [0.25, 0.3) is 0 Å². The minimum Gasteiger partial charge on any atom is -0.456 e. The Morgan fingerprint density at radius 2 is 2.00 bits per heavy atom. The van der Waals surface area contributed by atoms with Crippen LogP contribution >= 0.6 is 11.8 Å². The molecule has 0 fully saturated rings. The summed E-state index contributed by atoms with van der Waals surface area (Å²) in [6, 6.07) is 12.3. The van der Waals surface area contributed by atoms with E-state index in [4.69, 9.17) is 4.74 Å². The third-order valence-electron chi connectivity index (χ3n) is 5.14. The van der Waals surface area contributed by atoms with Gasteiger partial charge in [0.2, 0.25) is 5.91 Å². The number of thioether (sulfide) groups is 1. The first kappa shape index (κ1) is 23.8. The maximum absolute atomic E-state index is 14.8. The molecule has 2 heterocycles. The van der Waals surface area contributed by atoms with Gasteiger partial charge in [0, 0.05) is 28.7 Å². The molecular formula is C26H27FN4O2S. The van der Waals surface area contributed by atoms with Gasteiger partial charge in [0.1, 0.15) is 17.3 Å². The van der Waals surface area contributed by atoms with Crippen molar-refractivity contribution in [3.05, 3.63) is 72.4 Å². The van der Waals surface area contributed by atoms with Crippen molar-refractivity contribution in [3.8, 4) is 11.5 Å². The first-order valence-corrected chi connectivity index (χ1v) is 12.0. The number of nitrogens with one attached hydrogen (secondary N) is 1. The summed E-state index contributed by atoms with van der Waals surface area (Å²) in [5.74, 6) is 1.10. The van der Waals surface area contributed by atoms with E-state index in [2.05, 4.69) is 22.3 Å². The van der Waals surface area contributed by atoms with Crippen LogP contribution in [-0.4, -0.2) is 26.4 Å². The molecule has 0 aliphatic carbocycles. The lowest BCUT2D eigenvalue weighted by Crippen LogP contribution is -2.22. The molecule has 6 nitrogen and oxygen atoms in total. The number of rotatable bonds is 7. The number of nitrogens with zero attached hydrogens (tertiary/aromatic N) is 3. The number of hydrogen-bond donors (Lipinski definition) is 1. The summed E-state index contributed by atoms with van der Waals surface area (Å²) >= 11 is 1.73. The molecule has 0 atom stereocenters. The van der Waals surface area contributed by atoms with Crippen LogP contribution in [0.25, 0.3) is 10.9 Å². The zero-order valence-corrected chi connectivity index (χ0v) is 20.4. The molecule has 0 aliphatic rings. The Balaban J connectivity index is 1.47. The molecule has 0 saturated heterocycles. The van der Waals surface area contributed by atoms with Gasteiger partial charge in [-0.3, -0.25) is 14.5 Å². The first-order chi connectivity index (χ1) is 16.2. The van der Waals surface area contributed by atoms with E-state index in [-0.39, 0.29) is 23.4 Å². The van der Waals surface area contributed by atoms with Gasteiger partial charge in [-0.15, -0.1) is 11.8 Å². The molecule has 0 radical (unpaired) electrons. The largest absolute Gasteiger partial charge is 0.456 e. The number of anilines is 1. The van der Waals surface area contributed by atoms with Crippen molar-refractivity contribution < 1.29 is 13.9 Å². The number of benzene rings is 2. The van der Waals surface area contributed by atoms with E-state index < -0.39 is 5.82 Å². The fourth-order valence-electron chi connectivity index (χ4n) is 3.44. The van der Waals surface area contributed by atoms with E-state index in [0.29, 0.717) is 17.2 Å². The van der Waals surface area contributed by atoms with Crippen molar-refractivity contribution in [2.24, 2.45) is 0 Å². The van der Waals surface area contributed by atoms with Crippen LogP contribution in [0.2, 0.25) is 0 Å². The Bertz CT molecular complexity index is 1330. The highest BCUT2D eigenvalue weighted by atomic mass is 32.2. The smallest absolute Gasteiger partial charge is 0.228 e. The number of amides is 1. The van der Waals surface area contributed by atoms with Crippen molar-refractivity contribution in [1.29, 1.82) is 0 Å². The Hall–Kier alpha value is -3.39. The molecule has 0 bridgehead atoms. The van der Waals surface area contributed by atoms with Gasteiger partial charge < -0.3 is 10.1 Å². The van der Waals surface area contributed by atoms with Gasteiger partial charge in [-0.1, -0.05) is 13.0 Å². The number of hydrogen-bond acceptors (Lipinski definition) is 5. The van der Waals surface area contributed by atoms with Crippen LogP contribution in [0.1, 0.15) is 33.3 Å². The number of aromatic nitrogens is 3. The van der Waals surface area contributed by atoms with E-state index >= 15 is 0 Å². The number of ether oxygens (including phenoxy) is 1. The molecule has 0 aliphatic heterocycles. The average molecular weight is 479 g/mol. The standard InChI is InChI=1S/C26H27FN4O2S/c1-5-34-20-8-9-23-21(14-20)24(10-11-28-23)33-19-7-6-17(22(27)13-19)12-25(32)30-18-15-29-31(16-18)26(2,3)4/h6-11,13-16H,5,12H2,1-4H3,(H,30,32). The second-order valence-corrected chi connectivity index (χ2v) is 10.2. The van der Waals surface area contributed by atoms with Gasteiger partial charge in [0.05, 0.1) is 29.4 Å². The number of fused-ring (bicyclic) bond motifs is 1. The summed E-state index contributed by atoms with van der Waals surface area (Å²) in [6.07, 6.45) is 4.92. The minimum atomic E-state index is -0.501. The van der Waals surface area contributed by atoms with E-state index in [1.807, 2.05) is 39.0 Å². The lowest BCUT2D eigenvalue weighted by molar-refractivity contribution is -0.115. The molecule has 0 saturated carbocycles. The number of carbonyl (C=O) groups is 1. The topological polar surface area (TPSA) is 69.0 Å². The second-order valence-electron chi connectivity index (χ2n) is 8.85. The molecule has 8 heteroatoms. The van der Waals surface area contributed by atoms with Crippen LogP contribution in [0.5, 0.6) is 11.5 Å². The quantitative estimate of drug-likeness (QED) is 0.311. The predicted octanol–water partition coefficient (Wildman–Crippen LogP) is 6.41. The maximum Gasteiger partial charge on any atom is 0.228 e. The SMILES string of the molecule is CCSc1ccc2nccc(Oc3ccc(CC(=O)Nc4cnn(C(C)(C)C)c4)c(F)c3)c2c1. The van der Waals surface area contributed by atoms with Crippen molar-refractivity contribution in [1.82, 2.24) is 14.8 Å². The minimum absolute atomic E-state index is 0.0946. The highest BCUT2D eigenvalue weighted by Crippen LogP contribution is 2.32. The summed E-state index contributed by atoms with van der Waals surface area (Å²) in [4.78, 5) is 17.9. The molecule has 4 rings (SSSR count). The monoisotopic (exact) mass is 478 g/mol. The van der Waals surface area contributed by atoms with Gasteiger partial charge in [-0.05, 0) is 62.4 Å². The van der Waals surface area contributed by atoms with Crippen LogP contribution < -0.4 is 10.1 Å². The van der Waals surface area contributed by atoms with Crippen molar-refractivity contribution in [2.45, 2.75) is 44.6 Å². The summed E-state index contributed by atoms with van der Waals surface area (Å²) in [5.41, 5.74) is 1.47. The van der Waals surface area contributed by atoms with Crippen molar-refractivity contribution in [3.63, 3.8) is 0 Å². The van der Waals surface area contributed by atoms with Gasteiger partial charge in [-0.25, -0.2) is 4.39 Å². The Labute approximate surface area is 202 Å². The third-order valence-corrected chi connectivity index (χ3v) is 6.02. The van der Waals surface area contributed by atoms with Crippen molar-refractivity contribution >= 4 is 34.3 Å². The van der Waals surface area contributed by atoms with Gasteiger partial charge >= 0.3 is 0 Å². The van der Waals surface area contributed by atoms with Crippen LogP contribution in [0.3, 0.4) is 0 Å². The van der Waals surface area contributed by atoms with Crippen LogP contribution in [-0.2, 0) is 16.8 Å². The maximum atomic E-state index is 14.8. The average Bonchev–Trinajstić information content (AvgIpc) is 3.25. The number of pyridine rings is 1. The highest BCUT2D eigenvalue weighted by molar-refractivity contribution is 7.99. The molecule has 34 heavy (non-hydrogen) atoms. The molecule has 1 amide bonds. The normalized spacial score (nSPS) is 11.6. The third kappa shape index (κ3) is 5.56. The molecular weight excluding hydrogens is 451 g/mol. The molecule has 4 aromatic rings. The Morgan fingerprint density at radius 1 is 1.18 bits per heavy atom. The first-order valence-electron chi connectivity index (χ1n) is 11.1. The van der Waals surface area contributed by atoms with E-state index in [0.717, 1.165) is 21.6 Å². The summed E-state index contributed by atoms with van der Waals surface area (Å²) in [7, 11) is 0. The fourth-order valence-corrected chi connectivity index (χ4v) is 4.14. The highest BCUT2D eigenvalue weighted by Gasteiger charge is 2.16. The molecule has 2 aromatic carbocycles. The van der Waals surface area contributed by atoms with E-state index in [1.165, 1.54) is 6.07 Å². The predicted molar refractivity (Wildman–Crippen MR) is 134 cm³/mol. The van der Waals surface area contributed by atoms with Crippen LogP contribution in [0.15, 0.2) is 66.0 Å². The summed E-state index contributed by atoms with van der Waals surface area (Å²) in [5, 5.41) is 7.89. The fraction of sp³-hybridized carbons (Fsp3) is 0.269. The number of carbonyl (C=O) groups excluding carboxylic acids is 1. The zero-order valence-electron chi connectivity index (χ0n) is 19.6. The molecule has 1 N–H and O–H groups in total. The lowest BCUT2D eigenvalue weighted by atomic mass is 10.1. The Morgan fingerprint density at radius 3 is 2.71 bits per heavy atom. The zero-order chi connectivity index (χ0) is 24.3. The number of halogens is 1. The van der Waals surface area contributed by atoms with Crippen molar-refractivity contribution in [2.75, 3.05) is 11.1 Å². The van der Waals surface area contributed by atoms with E-state index in [1.54, 1.807) is 53.2 Å². The lowest BCUT2D eigenvalue weighted by Gasteiger charge is -2.18. The van der Waals surface area contributed by atoms with Gasteiger partial charge in [0.15, 0.2) is 0 Å². The molecule has 0 unspecified atom stereocenters. The van der Waals surface area contributed by atoms with E-state index in [9.17, 15) is 9.18 Å². The van der Waals surface area contributed by atoms with Gasteiger partial charge in [-0.2, -0.15) is 5.10 Å². The van der Waals surface area contributed by atoms with Crippen LogP contribution in [0.4, 0.5) is 10.1 Å². The summed E-state index contributed by atoms with van der Waals surface area (Å²) in [6.45, 7) is 8.15. The van der Waals surface area contributed by atoms with Crippen LogP contribution in [0, 0.1) is 5.82 Å². The molecule has 2 aromatic heterocycles. The summed E-state index contributed by atoms with van der Waals surface area (Å²) < 4.78 is 22.6. The Kier molecular flexibility index (Phi) is 6.88. The second kappa shape index (κ2) is 9.85.